The third-order valence-corrected chi connectivity index (χ3v) is 4.13. The van der Waals surface area contributed by atoms with E-state index in [1.807, 2.05) is 36.4 Å². The Kier molecular flexibility index (Phi) is 3.70. The van der Waals surface area contributed by atoms with Gasteiger partial charge in [0.1, 0.15) is 5.84 Å². The number of benzene rings is 2. The molecule has 0 fully saturated rings. The first kappa shape index (κ1) is 14.1. The number of hydrogen-bond acceptors (Lipinski definition) is 2. The van der Waals surface area contributed by atoms with Crippen LogP contribution >= 0.6 is 11.6 Å². The Morgan fingerprint density at radius 3 is 2.57 bits per heavy atom. The summed E-state index contributed by atoms with van der Waals surface area (Å²) in [6, 6.07) is 16.1. The monoisotopic (exact) mass is 300 g/mol. The van der Waals surface area contributed by atoms with Gasteiger partial charge in [0.05, 0.1) is 18.7 Å². The van der Waals surface area contributed by atoms with Crippen molar-refractivity contribution in [1.82, 2.24) is 5.32 Å². The van der Waals surface area contributed by atoms with Crippen molar-refractivity contribution in [3.63, 3.8) is 0 Å². The normalized spacial score (nSPS) is 22.1. The van der Waals surface area contributed by atoms with Crippen LogP contribution in [0.3, 0.4) is 0 Å². The minimum atomic E-state index is -0.338. The van der Waals surface area contributed by atoms with E-state index < -0.39 is 0 Å². The summed E-state index contributed by atoms with van der Waals surface area (Å²) in [6.45, 7) is 2.58. The van der Waals surface area contributed by atoms with Gasteiger partial charge in [0, 0.05) is 10.6 Å². The summed E-state index contributed by atoms with van der Waals surface area (Å²) in [4.78, 5) is 4.45. The number of aliphatic hydroxyl groups is 1. The van der Waals surface area contributed by atoms with E-state index in [-0.39, 0.29) is 12.1 Å². The molecule has 21 heavy (non-hydrogen) atoms. The summed E-state index contributed by atoms with van der Waals surface area (Å²) in [5.41, 5.74) is 3.07. The smallest absolute Gasteiger partial charge is 0.129 e. The molecule has 1 atom stereocenters. The van der Waals surface area contributed by atoms with Crippen LogP contribution in [0.15, 0.2) is 53.5 Å². The molecule has 0 aromatic heterocycles. The lowest BCUT2D eigenvalue weighted by molar-refractivity contribution is 0.306. The Balaban J connectivity index is 2.10. The Bertz CT molecular complexity index is 681. The number of fused-ring (bicyclic) bond motifs is 1. The van der Waals surface area contributed by atoms with Gasteiger partial charge in [-0.05, 0) is 30.2 Å². The Morgan fingerprint density at radius 1 is 1.14 bits per heavy atom. The van der Waals surface area contributed by atoms with Crippen molar-refractivity contribution >= 4 is 17.4 Å². The molecule has 3 rings (SSSR count). The summed E-state index contributed by atoms with van der Waals surface area (Å²) in [7, 11) is 0. The van der Waals surface area contributed by atoms with E-state index in [2.05, 4.69) is 29.4 Å². The molecule has 1 heterocycles. The molecule has 3 nitrogen and oxygen atoms in total. The van der Waals surface area contributed by atoms with E-state index in [0.29, 0.717) is 6.54 Å². The van der Waals surface area contributed by atoms with Crippen LogP contribution in [0.5, 0.6) is 0 Å². The molecule has 0 radical (unpaired) electrons. The second kappa shape index (κ2) is 5.51. The zero-order chi connectivity index (χ0) is 14.9. The molecule has 0 saturated heterocycles. The van der Waals surface area contributed by atoms with Gasteiger partial charge in [-0.3, -0.25) is 4.99 Å². The minimum Gasteiger partial charge on any atom is -0.394 e. The number of nitrogens with zero attached hydrogens (tertiary/aromatic N) is 1. The van der Waals surface area contributed by atoms with Crippen molar-refractivity contribution in [2.24, 2.45) is 4.99 Å². The largest absolute Gasteiger partial charge is 0.394 e. The summed E-state index contributed by atoms with van der Waals surface area (Å²) in [5.74, 6) is 0.831. The number of nitrogens with one attached hydrogen (secondary N) is 1. The van der Waals surface area contributed by atoms with Gasteiger partial charge in [0.25, 0.3) is 0 Å². The van der Waals surface area contributed by atoms with E-state index in [1.165, 1.54) is 5.56 Å². The maximum Gasteiger partial charge on any atom is 0.129 e. The van der Waals surface area contributed by atoms with Crippen LogP contribution in [0.4, 0.5) is 0 Å². The van der Waals surface area contributed by atoms with Gasteiger partial charge in [-0.1, -0.05) is 48.0 Å². The minimum absolute atomic E-state index is 0.0466. The van der Waals surface area contributed by atoms with E-state index in [0.717, 1.165) is 22.0 Å². The Hall–Kier alpha value is -1.84. The predicted molar refractivity (Wildman–Crippen MR) is 86.0 cm³/mol. The topological polar surface area (TPSA) is 44.6 Å². The number of hydrogen-bond donors (Lipinski definition) is 2. The fraction of sp³-hybridized carbons (Fsp3) is 0.235. The Labute approximate surface area is 129 Å². The fourth-order valence-electron chi connectivity index (χ4n) is 2.79. The summed E-state index contributed by atoms with van der Waals surface area (Å²) < 4.78 is 0. The molecule has 108 valence electrons. The lowest BCUT2D eigenvalue weighted by Gasteiger charge is -2.27. The van der Waals surface area contributed by atoms with Gasteiger partial charge in [0.15, 0.2) is 0 Å². The molecule has 4 heteroatoms. The number of amidine groups is 1. The van der Waals surface area contributed by atoms with Gasteiger partial charge in [-0.15, -0.1) is 0 Å². The third-order valence-electron chi connectivity index (χ3n) is 3.88. The van der Waals surface area contributed by atoms with Gasteiger partial charge >= 0.3 is 0 Å². The highest BCUT2D eigenvalue weighted by Crippen LogP contribution is 2.37. The lowest BCUT2D eigenvalue weighted by Crippen LogP contribution is -2.37. The van der Waals surface area contributed by atoms with Gasteiger partial charge in [-0.25, -0.2) is 0 Å². The molecule has 2 aromatic carbocycles. The fourth-order valence-corrected chi connectivity index (χ4v) is 2.92. The molecular formula is C17H17ClN2O. The maximum atomic E-state index is 9.00. The van der Waals surface area contributed by atoms with Crippen molar-refractivity contribution in [3.05, 3.63) is 70.2 Å². The van der Waals surface area contributed by atoms with Crippen molar-refractivity contribution in [2.45, 2.75) is 12.5 Å². The van der Waals surface area contributed by atoms with E-state index in [1.54, 1.807) is 0 Å². The standard InChI is InChI=1S/C17H17ClN2O/c1-17(12-6-8-13(18)9-7-12)15-5-3-2-4-14(15)16(20-17)19-10-11-21/h2-9,21H,10-11H2,1H3,(H,19,20). The first-order valence-corrected chi connectivity index (χ1v) is 7.32. The van der Waals surface area contributed by atoms with Crippen LogP contribution in [0.25, 0.3) is 0 Å². The van der Waals surface area contributed by atoms with Crippen molar-refractivity contribution in [3.8, 4) is 0 Å². The van der Waals surface area contributed by atoms with Crippen molar-refractivity contribution in [1.29, 1.82) is 0 Å². The third kappa shape index (κ3) is 2.43. The molecule has 2 N–H and O–H groups in total. The van der Waals surface area contributed by atoms with Gasteiger partial charge in [0.2, 0.25) is 0 Å². The number of halogens is 1. The Morgan fingerprint density at radius 2 is 1.86 bits per heavy atom. The van der Waals surface area contributed by atoms with Crippen LogP contribution < -0.4 is 5.32 Å². The van der Waals surface area contributed by atoms with Crippen LogP contribution in [0.2, 0.25) is 5.02 Å². The molecule has 1 aliphatic rings. The summed E-state index contributed by atoms with van der Waals surface area (Å²) in [5, 5.41) is 13.2. The van der Waals surface area contributed by atoms with E-state index in [9.17, 15) is 0 Å². The van der Waals surface area contributed by atoms with Gasteiger partial charge < -0.3 is 10.4 Å². The van der Waals surface area contributed by atoms with Crippen molar-refractivity contribution in [2.75, 3.05) is 13.2 Å². The second-order valence-corrected chi connectivity index (χ2v) is 5.69. The highest BCUT2D eigenvalue weighted by atomic mass is 35.5. The number of aliphatic imine (C=N–C) groups is 1. The van der Waals surface area contributed by atoms with E-state index in [4.69, 9.17) is 16.7 Å². The second-order valence-electron chi connectivity index (χ2n) is 5.26. The molecule has 1 unspecified atom stereocenters. The van der Waals surface area contributed by atoms with Crippen LogP contribution in [0.1, 0.15) is 23.6 Å². The molecule has 2 aromatic rings. The van der Waals surface area contributed by atoms with Crippen LogP contribution in [0, 0.1) is 0 Å². The lowest BCUT2D eigenvalue weighted by atomic mass is 9.85. The van der Waals surface area contributed by atoms with Gasteiger partial charge in [-0.2, -0.15) is 0 Å². The van der Waals surface area contributed by atoms with E-state index >= 15 is 0 Å². The molecule has 0 bridgehead atoms. The quantitative estimate of drug-likeness (QED) is 0.915. The van der Waals surface area contributed by atoms with Crippen LogP contribution in [-0.4, -0.2) is 24.1 Å². The molecule has 0 saturated carbocycles. The highest BCUT2D eigenvalue weighted by Gasteiger charge is 2.38. The molecule has 0 aliphatic carbocycles. The molecule has 0 amide bonds. The summed E-state index contributed by atoms with van der Waals surface area (Å²) >= 11 is 5.99. The SMILES string of the molecule is CC1(c2ccc(Cl)cc2)NC(=NCCO)c2ccccc21. The molecule has 0 spiro atoms. The average Bonchev–Trinajstić information content (AvgIpc) is 2.80. The number of aliphatic hydroxyl groups excluding tert-OH is 1. The molecule has 1 aliphatic heterocycles. The maximum absolute atomic E-state index is 9.00. The predicted octanol–water partition coefficient (Wildman–Crippen LogP) is 2.95. The first-order valence-electron chi connectivity index (χ1n) is 6.94. The summed E-state index contributed by atoms with van der Waals surface area (Å²) in [6.07, 6.45) is 0. The molecular weight excluding hydrogens is 284 g/mol. The zero-order valence-corrected chi connectivity index (χ0v) is 12.6. The van der Waals surface area contributed by atoms with Crippen molar-refractivity contribution < 1.29 is 5.11 Å². The average molecular weight is 301 g/mol. The number of rotatable bonds is 3. The first-order chi connectivity index (χ1) is 10.1. The highest BCUT2D eigenvalue weighted by molar-refractivity contribution is 6.30. The van der Waals surface area contributed by atoms with Crippen LogP contribution in [-0.2, 0) is 5.54 Å². The zero-order valence-electron chi connectivity index (χ0n) is 11.8.